The highest BCUT2D eigenvalue weighted by Gasteiger charge is 2.37. The summed E-state index contributed by atoms with van der Waals surface area (Å²) in [6, 6.07) is 4.79. The molecule has 0 aliphatic heterocycles. The van der Waals surface area contributed by atoms with Gasteiger partial charge in [-0.1, -0.05) is 17.7 Å². The van der Waals surface area contributed by atoms with Crippen LogP contribution in [0.2, 0.25) is 0 Å². The number of aryl methyl sites for hydroxylation is 2. The van der Waals surface area contributed by atoms with E-state index in [0.29, 0.717) is 14.8 Å². The maximum Gasteiger partial charge on any atom is 0.451 e. The van der Waals surface area contributed by atoms with Gasteiger partial charge in [-0.2, -0.15) is 13.2 Å². The molecular formula is C14H17F3N4O3S. The van der Waals surface area contributed by atoms with Crippen LogP contribution in [0.5, 0.6) is 0 Å². The van der Waals surface area contributed by atoms with Gasteiger partial charge in [-0.3, -0.25) is 4.57 Å². The molecule has 138 valence electrons. The summed E-state index contributed by atoms with van der Waals surface area (Å²) in [5.74, 6) is -1.34. The normalized spacial score (nSPS) is 12.6. The minimum absolute atomic E-state index is 0.0717. The summed E-state index contributed by atoms with van der Waals surface area (Å²) >= 11 is 0. The first kappa shape index (κ1) is 19.2. The lowest BCUT2D eigenvalue weighted by Crippen LogP contribution is -2.32. The van der Waals surface area contributed by atoms with Crippen LogP contribution in [-0.2, 0) is 29.8 Å². The lowest BCUT2D eigenvalue weighted by molar-refractivity contribution is -0.147. The molecule has 0 spiro atoms. The van der Waals surface area contributed by atoms with E-state index >= 15 is 0 Å². The van der Waals surface area contributed by atoms with Gasteiger partial charge in [0.25, 0.3) is 0 Å². The Kier molecular flexibility index (Phi) is 5.09. The molecule has 0 atom stereocenters. The molecule has 1 aromatic heterocycles. The van der Waals surface area contributed by atoms with Gasteiger partial charge in [0, 0.05) is 13.6 Å². The van der Waals surface area contributed by atoms with E-state index < -0.39 is 27.7 Å². The number of aromatic nitrogens is 3. The van der Waals surface area contributed by atoms with Gasteiger partial charge in [-0.05, 0) is 25.5 Å². The minimum Gasteiger partial charge on any atom is -0.274 e. The fourth-order valence-corrected chi connectivity index (χ4v) is 3.59. The number of sulfonamides is 1. The second-order valence-corrected chi connectivity index (χ2v) is 7.29. The first-order valence-electron chi connectivity index (χ1n) is 7.21. The van der Waals surface area contributed by atoms with Gasteiger partial charge < -0.3 is 0 Å². The highest BCUT2D eigenvalue weighted by molar-refractivity contribution is 7.89. The largest absolute Gasteiger partial charge is 0.451 e. The lowest BCUT2D eigenvalue weighted by atomic mass is 10.2. The molecule has 2 rings (SSSR count). The third-order valence-electron chi connectivity index (χ3n) is 3.53. The van der Waals surface area contributed by atoms with Crippen molar-refractivity contribution in [2.75, 3.05) is 6.54 Å². The molecule has 25 heavy (non-hydrogen) atoms. The second kappa shape index (κ2) is 6.64. The van der Waals surface area contributed by atoms with E-state index in [9.17, 15) is 26.4 Å². The average molecular weight is 378 g/mol. The van der Waals surface area contributed by atoms with Gasteiger partial charge in [0.2, 0.25) is 15.8 Å². The van der Waals surface area contributed by atoms with Crippen LogP contribution in [0.25, 0.3) is 0 Å². The van der Waals surface area contributed by atoms with E-state index in [0.717, 1.165) is 12.6 Å². The zero-order valence-electron chi connectivity index (χ0n) is 13.8. The molecule has 0 amide bonds. The molecule has 0 bridgehead atoms. The smallest absolute Gasteiger partial charge is 0.274 e. The van der Waals surface area contributed by atoms with Gasteiger partial charge in [0.15, 0.2) is 0 Å². The Balaban J connectivity index is 2.14. The SMILES string of the molecule is Cc1ccc(S(=O)(=O)NCCn2nc(C(F)(F)F)n(C)c2=O)c(C)c1. The lowest BCUT2D eigenvalue weighted by Gasteiger charge is -2.09. The molecule has 0 aliphatic carbocycles. The summed E-state index contributed by atoms with van der Waals surface area (Å²) in [7, 11) is -2.89. The Hall–Kier alpha value is -2.14. The van der Waals surface area contributed by atoms with E-state index in [1.54, 1.807) is 19.1 Å². The van der Waals surface area contributed by atoms with Crippen molar-refractivity contribution in [1.82, 2.24) is 19.1 Å². The third-order valence-corrected chi connectivity index (χ3v) is 5.15. The predicted octanol–water partition coefficient (Wildman–Crippen LogP) is 1.20. The van der Waals surface area contributed by atoms with Gasteiger partial charge in [-0.25, -0.2) is 22.6 Å². The monoisotopic (exact) mass is 378 g/mol. The van der Waals surface area contributed by atoms with Gasteiger partial charge in [-0.15, -0.1) is 5.10 Å². The zero-order valence-corrected chi connectivity index (χ0v) is 14.6. The number of nitrogens with one attached hydrogen (secondary N) is 1. The quantitative estimate of drug-likeness (QED) is 0.847. The van der Waals surface area contributed by atoms with E-state index in [2.05, 4.69) is 9.82 Å². The van der Waals surface area contributed by atoms with Crippen molar-refractivity contribution in [3.8, 4) is 0 Å². The van der Waals surface area contributed by atoms with Crippen LogP contribution in [0.4, 0.5) is 13.2 Å². The number of hydrogen-bond donors (Lipinski definition) is 1. The van der Waals surface area contributed by atoms with Crippen molar-refractivity contribution >= 4 is 10.0 Å². The van der Waals surface area contributed by atoms with E-state index in [1.165, 1.54) is 6.07 Å². The first-order valence-corrected chi connectivity index (χ1v) is 8.70. The Morgan fingerprint density at radius 1 is 1.24 bits per heavy atom. The van der Waals surface area contributed by atoms with Gasteiger partial charge in [0.1, 0.15) is 0 Å². The molecular weight excluding hydrogens is 361 g/mol. The fraction of sp³-hybridized carbons (Fsp3) is 0.429. The van der Waals surface area contributed by atoms with E-state index in [4.69, 9.17) is 0 Å². The van der Waals surface area contributed by atoms with Crippen molar-refractivity contribution < 1.29 is 21.6 Å². The number of benzene rings is 1. The number of alkyl halides is 3. The van der Waals surface area contributed by atoms with Gasteiger partial charge in [0.05, 0.1) is 11.4 Å². The number of rotatable bonds is 5. The van der Waals surface area contributed by atoms with Crippen LogP contribution in [0.15, 0.2) is 27.9 Å². The maximum atomic E-state index is 12.7. The zero-order chi connectivity index (χ0) is 19.0. The summed E-state index contributed by atoms with van der Waals surface area (Å²) in [4.78, 5) is 11.8. The summed E-state index contributed by atoms with van der Waals surface area (Å²) in [6.07, 6.45) is -4.77. The van der Waals surface area contributed by atoms with Crippen LogP contribution >= 0.6 is 0 Å². The maximum absolute atomic E-state index is 12.7. The highest BCUT2D eigenvalue weighted by atomic mass is 32.2. The Morgan fingerprint density at radius 3 is 2.40 bits per heavy atom. The molecule has 1 N–H and O–H groups in total. The Labute approximate surface area is 142 Å². The molecule has 2 aromatic rings. The Morgan fingerprint density at radius 2 is 1.88 bits per heavy atom. The predicted molar refractivity (Wildman–Crippen MR) is 83.6 cm³/mol. The molecule has 0 saturated heterocycles. The molecule has 0 radical (unpaired) electrons. The third kappa shape index (κ3) is 4.10. The van der Waals surface area contributed by atoms with E-state index in [-0.39, 0.29) is 18.0 Å². The van der Waals surface area contributed by atoms with Crippen molar-refractivity contribution in [2.45, 2.75) is 31.5 Å². The molecule has 11 heteroatoms. The molecule has 0 saturated carbocycles. The second-order valence-electron chi connectivity index (χ2n) is 5.55. The summed E-state index contributed by atoms with van der Waals surface area (Å²) < 4.78 is 65.9. The molecule has 0 aliphatic rings. The van der Waals surface area contributed by atoms with Crippen LogP contribution in [0.3, 0.4) is 0 Å². The number of hydrogen-bond acceptors (Lipinski definition) is 4. The standard InChI is InChI=1S/C14H17F3N4O3S/c1-9-4-5-11(10(2)8-9)25(23,24)18-6-7-21-13(22)20(3)12(19-21)14(15,16)17/h4-5,8,18H,6-7H2,1-3H3. The highest BCUT2D eigenvalue weighted by Crippen LogP contribution is 2.25. The molecule has 7 nitrogen and oxygen atoms in total. The van der Waals surface area contributed by atoms with E-state index in [1.807, 2.05) is 6.92 Å². The van der Waals surface area contributed by atoms with Crippen LogP contribution < -0.4 is 10.4 Å². The fourth-order valence-electron chi connectivity index (χ4n) is 2.34. The Bertz CT molecular complexity index is 945. The average Bonchev–Trinajstić information content (AvgIpc) is 2.75. The van der Waals surface area contributed by atoms with Crippen molar-refractivity contribution in [3.05, 3.63) is 45.6 Å². The van der Waals surface area contributed by atoms with Crippen molar-refractivity contribution in [2.24, 2.45) is 7.05 Å². The van der Waals surface area contributed by atoms with Gasteiger partial charge >= 0.3 is 11.9 Å². The number of nitrogens with zero attached hydrogens (tertiary/aromatic N) is 3. The topological polar surface area (TPSA) is 86.0 Å². The summed E-state index contributed by atoms with van der Waals surface area (Å²) in [6.45, 7) is 2.86. The van der Waals surface area contributed by atoms with Crippen molar-refractivity contribution in [3.63, 3.8) is 0 Å². The van der Waals surface area contributed by atoms with Crippen molar-refractivity contribution in [1.29, 1.82) is 0 Å². The van der Waals surface area contributed by atoms with Crippen LogP contribution in [0.1, 0.15) is 17.0 Å². The minimum atomic E-state index is -4.77. The number of halogens is 3. The molecule has 0 fully saturated rings. The molecule has 0 unspecified atom stereocenters. The molecule has 1 heterocycles. The van der Waals surface area contributed by atoms with Crippen LogP contribution in [0, 0.1) is 13.8 Å². The van der Waals surface area contributed by atoms with Crippen LogP contribution in [-0.4, -0.2) is 29.3 Å². The summed E-state index contributed by atoms with van der Waals surface area (Å²) in [5.41, 5.74) is 0.469. The summed E-state index contributed by atoms with van der Waals surface area (Å²) in [5, 5.41) is 3.21. The first-order chi connectivity index (χ1) is 11.4. The molecule has 1 aromatic carbocycles.